The van der Waals surface area contributed by atoms with Crippen molar-refractivity contribution in [3.8, 4) is 5.69 Å². The van der Waals surface area contributed by atoms with Crippen LogP contribution in [0.4, 0.5) is 5.69 Å². The molecule has 5 heteroatoms. The van der Waals surface area contributed by atoms with Gasteiger partial charge in [0.15, 0.2) is 6.29 Å². The van der Waals surface area contributed by atoms with Crippen LogP contribution >= 0.6 is 0 Å². The number of aldehydes is 1. The largest absolute Gasteiger partial charge is 0.318 e. The molecule has 0 aliphatic carbocycles. The normalized spacial score (nSPS) is 10.0. The maximum absolute atomic E-state index is 10.9. The van der Waals surface area contributed by atoms with Crippen molar-refractivity contribution in [1.82, 2.24) is 4.57 Å². The van der Waals surface area contributed by atoms with Gasteiger partial charge >= 0.3 is 5.69 Å². The number of nitrogens with zero attached hydrogens (tertiary/aromatic N) is 2. The van der Waals surface area contributed by atoms with Gasteiger partial charge in [0, 0.05) is 12.4 Å². The van der Waals surface area contributed by atoms with E-state index >= 15 is 0 Å². The van der Waals surface area contributed by atoms with E-state index in [1.165, 1.54) is 6.07 Å². The molecule has 0 saturated heterocycles. The van der Waals surface area contributed by atoms with Crippen LogP contribution in [-0.2, 0) is 0 Å². The molecule has 16 heavy (non-hydrogen) atoms. The molecule has 0 fully saturated rings. The van der Waals surface area contributed by atoms with Crippen LogP contribution < -0.4 is 0 Å². The SMILES string of the molecule is O=Cc1cccc(-n2cccc2)c1[N+](=O)[O-]. The van der Waals surface area contributed by atoms with Gasteiger partial charge in [-0.1, -0.05) is 6.07 Å². The van der Waals surface area contributed by atoms with Crippen LogP contribution in [0.15, 0.2) is 42.7 Å². The van der Waals surface area contributed by atoms with E-state index < -0.39 is 4.92 Å². The third-order valence-corrected chi connectivity index (χ3v) is 2.24. The lowest BCUT2D eigenvalue weighted by Gasteiger charge is -2.05. The summed E-state index contributed by atoms with van der Waals surface area (Å²) in [4.78, 5) is 21.1. The molecule has 1 aromatic heterocycles. The second-order valence-electron chi connectivity index (χ2n) is 3.18. The number of nitro benzene ring substituents is 1. The Morgan fingerprint density at radius 3 is 2.44 bits per heavy atom. The van der Waals surface area contributed by atoms with Gasteiger partial charge in [0.05, 0.1) is 10.5 Å². The minimum Gasteiger partial charge on any atom is -0.318 e. The maximum Gasteiger partial charge on any atom is 0.303 e. The third-order valence-electron chi connectivity index (χ3n) is 2.24. The summed E-state index contributed by atoms with van der Waals surface area (Å²) in [6, 6.07) is 8.17. The summed E-state index contributed by atoms with van der Waals surface area (Å²) in [6.45, 7) is 0. The van der Waals surface area contributed by atoms with Gasteiger partial charge in [0.1, 0.15) is 5.69 Å². The zero-order chi connectivity index (χ0) is 11.5. The summed E-state index contributed by atoms with van der Waals surface area (Å²) in [7, 11) is 0. The van der Waals surface area contributed by atoms with E-state index in [0.717, 1.165) is 0 Å². The van der Waals surface area contributed by atoms with Gasteiger partial charge in [-0.3, -0.25) is 14.9 Å². The average molecular weight is 216 g/mol. The second-order valence-corrected chi connectivity index (χ2v) is 3.18. The molecule has 0 unspecified atom stereocenters. The molecule has 1 heterocycles. The Labute approximate surface area is 91.1 Å². The number of para-hydroxylation sites is 1. The number of hydrogen-bond acceptors (Lipinski definition) is 3. The van der Waals surface area contributed by atoms with Gasteiger partial charge in [-0.15, -0.1) is 0 Å². The molecule has 0 amide bonds. The van der Waals surface area contributed by atoms with Crippen LogP contribution in [0.3, 0.4) is 0 Å². The van der Waals surface area contributed by atoms with Crippen molar-refractivity contribution in [1.29, 1.82) is 0 Å². The molecular weight excluding hydrogens is 208 g/mol. The molecule has 0 bridgehead atoms. The van der Waals surface area contributed by atoms with Crippen LogP contribution in [0.2, 0.25) is 0 Å². The van der Waals surface area contributed by atoms with Crippen molar-refractivity contribution >= 4 is 12.0 Å². The summed E-state index contributed by atoms with van der Waals surface area (Å²) in [5.74, 6) is 0. The number of benzene rings is 1. The van der Waals surface area contributed by atoms with Crippen molar-refractivity contribution in [2.75, 3.05) is 0 Å². The molecule has 1 aromatic carbocycles. The smallest absolute Gasteiger partial charge is 0.303 e. The quantitative estimate of drug-likeness (QED) is 0.448. The molecule has 2 rings (SSSR count). The molecule has 80 valence electrons. The van der Waals surface area contributed by atoms with Crippen LogP contribution in [-0.4, -0.2) is 15.8 Å². The highest BCUT2D eigenvalue weighted by atomic mass is 16.6. The van der Waals surface area contributed by atoms with E-state index in [2.05, 4.69) is 0 Å². The highest BCUT2D eigenvalue weighted by molar-refractivity contribution is 5.84. The Bertz CT molecular complexity index is 532. The van der Waals surface area contributed by atoms with Crippen LogP contribution in [0, 0.1) is 10.1 Å². The van der Waals surface area contributed by atoms with Crippen molar-refractivity contribution in [2.45, 2.75) is 0 Å². The van der Waals surface area contributed by atoms with E-state index in [1.54, 1.807) is 41.2 Å². The third kappa shape index (κ3) is 1.58. The van der Waals surface area contributed by atoms with Crippen molar-refractivity contribution in [2.24, 2.45) is 0 Å². The van der Waals surface area contributed by atoms with Gasteiger partial charge in [-0.05, 0) is 24.3 Å². The minimum atomic E-state index is -0.543. The van der Waals surface area contributed by atoms with Crippen LogP contribution in [0.25, 0.3) is 5.69 Å². The minimum absolute atomic E-state index is 0.0798. The second kappa shape index (κ2) is 3.98. The molecule has 0 atom stereocenters. The Hall–Kier alpha value is -2.43. The summed E-state index contributed by atoms with van der Waals surface area (Å²) in [5, 5.41) is 10.9. The molecular formula is C11H8N2O3. The molecule has 0 N–H and O–H groups in total. The van der Waals surface area contributed by atoms with Crippen LogP contribution in [0.5, 0.6) is 0 Å². The predicted octanol–water partition coefficient (Wildman–Crippen LogP) is 2.20. The zero-order valence-corrected chi connectivity index (χ0v) is 8.24. The fourth-order valence-corrected chi connectivity index (χ4v) is 1.55. The standard InChI is InChI=1S/C11H8N2O3/c14-8-9-4-3-5-10(11(9)13(15)16)12-6-1-2-7-12/h1-8H. The van der Waals surface area contributed by atoms with Gasteiger partial charge in [0.25, 0.3) is 0 Å². The number of nitro groups is 1. The van der Waals surface area contributed by atoms with E-state index in [9.17, 15) is 14.9 Å². The van der Waals surface area contributed by atoms with E-state index in [4.69, 9.17) is 0 Å². The lowest BCUT2D eigenvalue weighted by molar-refractivity contribution is -0.384. The van der Waals surface area contributed by atoms with E-state index in [-0.39, 0.29) is 11.3 Å². The molecule has 0 aliphatic rings. The number of rotatable bonds is 3. The summed E-state index contributed by atoms with van der Waals surface area (Å²) in [5.41, 5.74) is 0.296. The van der Waals surface area contributed by atoms with Crippen LogP contribution in [0.1, 0.15) is 10.4 Å². The monoisotopic (exact) mass is 216 g/mol. The zero-order valence-electron chi connectivity index (χ0n) is 8.24. The van der Waals surface area contributed by atoms with Gasteiger partial charge in [-0.25, -0.2) is 0 Å². The first-order chi connectivity index (χ1) is 7.74. The number of carbonyl (C=O) groups is 1. The first kappa shape index (κ1) is 10.1. The highest BCUT2D eigenvalue weighted by Crippen LogP contribution is 2.25. The number of aromatic nitrogens is 1. The first-order valence-corrected chi connectivity index (χ1v) is 4.60. The first-order valence-electron chi connectivity index (χ1n) is 4.60. The number of carbonyl (C=O) groups excluding carboxylic acids is 1. The fraction of sp³-hybridized carbons (Fsp3) is 0. The molecule has 0 aliphatic heterocycles. The summed E-state index contributed by atoms with van der Waals surface area (Å²) >= 11 is 0. The van der Waals surface area contributed by atoms with E-state index in [0.29, 0.717) is 12.0 Å². The molecule has 5 nitrogen and oxygen atoms in total. The topological polar surface area (TPSA) is 65.1 Å². The summed E-state index contributed by atoms with van der Waals surface area (Å²) < 4.78 is 1.60. The lowest BCUT2D eigenvalue weighted by atomic mass is 10.1. The Morgan fingerprint density at radius 2 is 1.88 bits per heavy atom. The Balaban J connectivity index is 2.70. The molecule has 0 radical (unpaired) electrons. The van der Waals surface area contributed by atoms with Gasteiger partial charge in [-0.2, -0.15) is 0 Å². The van der Waals surface area contributed by atoms with Gasteiger partial charge < -0.3 is 4.57 Å². The molecule has 2 aromatic rings. The van der Waals surface area contributed by atoms with Crippen molar-refractivity contribution in [3.05, 3.63) is 58.4 Å². The number of hydrogen-bond donors (Lipinski definition) is 0. The summed E-state index contributed by atoms with van der Waals surface area (Å²) in [6.07, 6.45) is 3.87. The lowest BCUT2D eigenvalue weighted by Crippen LogP contribution is -2.01. The van der Waals surface area contributed by atoms with Crippen molar-refractivity contribution in [3.63, 3.8) is 0 Å². The molecule has 0 saturated carbocycles. The maximum atomic E-state index is 10.9. The average Bonchev–Trinajstić information content (AvgIpc) is 2.81. The van der Waals surface area contributed by atoms with E-state index in [1.807, 2.05) is 0 Å². The van der Waals surface area contributed by atoms with Gasteiger partial charge in [0.2, 0.25) is 0 Å². The fourth-order valence-electron chi connectivity index (χ4n) is 1.55. The molecule has 0 spiro atoms. The van der Waals surface area contributed by atoms with Crippen molar-refractivity contribution < 1.29 is 9.72 Å². The Kier molecular flexibility index (Phi) is 2.51. The predicted molar refractivity (Wildman–Crippen MR) is 57.8 cm³/mol. The highest BCUT2D eigenvalue weighted by Gasteiger charge is 2.19. The Morgan fingerprint density at radius 1 is 1.19 bits per heavy atom.